The normalized spacial score (nSPS) is 51.9. The van der Waals surface area contributed by atoms with Crippen LogP contribution < -0.4 is 0 Å². The van der Waals surface area contributed by atoms with Gasteiger partial charge in [-0.2, -0.15) is 0 Å². The van der Waals surface area contributed by atoms with Crippen molar-refractivity contribution in [2.45, 2.75) is 99.0 Å². The van der Waals surface area contributed by atoms with Crippen molar-refractivity contribution in [3.8, 4) is 0 Å². The lowest BCUT2D eigenvalue weighted by Crippen LogP contribution is -2.65. The van der Waals surface area contributed by atoms with Crippen molar-refractivity contribution >= 4 is 0 Å². The van der Waals surface area contributed by atoms with Crippen LogP contribution in [0.4, 0.5) is 0 Å². The molecule has 5 aliphatic carbocycles. The molecule has 0 unspecified atom stereocenters. The zero-order chi connectivity index (χ0) is 24.9. The standard InChI is InChI=1S/C30H45NO3/c1-18-19-8-9-28(5)23(27(19,4)16-21(31-7)25(18)34)14-22(33)24-20-15-26(2,3)10-12-30(20,17-32)13-11-29(24,28)6/h14,18-20,22,24,32-34H,8-13,15-17H2,1-6H3/t18-,19-,20-,22+,24-,27-,28+,29+,30+/m0/s1. The van der Waals surface area contributed by atoms with Gasteiger partial charge in [0, 0.05) is 12.5 Å². The monoisotopic (exact) mass is 467 g/mol. The molecule has 0 aliphatic heterocycles. The van der Waals surface area contributed by atoms with Crippen molar-refractivity contribution in [3.63, 3.8) is 0 Å². The molecule has 0 bridgehead atoms. The van der Waals surface area contributed by atoms with Crippen LogP contribution >= 0.6 is 0 Å². The highest BCUT2D eigenvalue weighted by Crippen LogP contribution is 2.74. The molecular weight excluding hydrogens is 422 g/mol. The quantitative estimate of drug-likeness (QED) is 0.298. The van der Waals surface area contributed by atoms with E-state index >= 15 is 0 Å². The Morgan fingerprint density at radius 1 is 1.03 bits per heavy atom. The Labute approximate surface area is 206 Å². The van der Waals surface area contributed by atoms with Gasteiger partial charge < -0.3 is 15.3 Å². The van der Waals surface area contributed by atoms with E-state index in [9.17, 15) is 15.3 Å². The summed E-state index contributed by atoms with van der Waals surface area (Å²) in [4.78, 5) is 3.75. The number of allylic oxidation sites excluding steroid dienone is 3. The number of aliphatic hydroxyl groups excluding tert-OH is 3. The fourth-order valence-corrected chi connectivity index (χ4v) is 10.1. The van der Waals surface area contributed by atoms with Crippen molar-refractivity contribution in [1.82, 2.24) is 0 Å². The van der Waals surface area contributed by atoms with Gasteiger partial charge in [0.2, 0.25) is 5.70 Å². The molecule has 3 fully saturated rings. The smallest absolute Gasteiger partial charge is 0.203 e. The second kappa shape index (κ2) is 7.36. The Morgan fingerprint density at radius 2 is 1.71 bits per heavy atom. The molecule has 5 rings (SSSR count). The van der Waals surface area contributed by atoms with Gasteiger partial charge in [0.1, 0.15) is 0 Å². The van der Waals surface area contributed by atoms with Crippen LogP contribution in [0.1, 0.15) is 92.9 Å². The van der Waals surface area contributed by atoms with Crippen LogP contribution in [0.2, 0.25) is 0 Å². The minimum atomic E-state index is -0.528. The number of rotatable bonds is 1. The highest BCUT2D eigenvalue weighted by Gasteiger charge is 2.68. The van der Waals surface area contributed by atoms with E-state index in [2.05, 4.69) is 52.5 Å². The molecule has 5 aliphatic rings. The van der Waals surface area contributed by atoms with Gasteiger partial charge in [-0.3, -0.25) is 0 Å². The second-order valence-electron chi connectivity index (χ2n) is 14.3. The average molecular weight is 468 g/mol. The van der Waals surface area contributed by atoms with Crippen molar-refractivity contribution in [2.24, 2.45) is 50.7 Å². The molecule has 0 amide bonds. The lowest BCUT2D eigenvalue weighted by molar-refractivity contribution is -0.195. The summed E-state index contributed by atoms with van der Waals surface area (Å²) < 4.78 is 0. The van der Waals surface area contributed by atoms with Gasteiger partial charge >= 0.3 is 0 Å². The first kappa shape index (κ1) is 24.4. The Bertz CT molecular complexity index is 989. The SMILES string of the molecule is [C-]#[N+]C1=C(O)[C@@H](C)[C@@H]2CC[C@]3(C)C(=C[C@@H](O)[C@@H]4[C@@H]5CC(C)(C)CC[C@]5(CO)CC[C@]43C)[C@@]2(C)C1. The topological polar surface area (TPSA) is 65.0 Å². The van der Waals surface area contributed by atoms with Crippen LogP contribution in [0.15, 0.2) is 23.1 Å². The third-order valence-electron chi connectivity index (χ3n) is 12.4. The summed E-state index contributed by atoms with van der Waals surface area (Å²) >= 11 is 0. The van der Waals surface area contributed by atoms with Crippen LogP contribution in [-0.2, 0) is 0 Å². The minimum Gasteiger partial charge on any atom is -0.523 e. The van der Waals surface area contributed by atoms with E-state index in [1.807, 2.05) is 0 Å². The fraction of sp³-hybridized carbons (Fsp3) is 0.833. The molecule has 9 atom stereocenters. The summed E-state index contributed by atoms with van der Waals surface area (Å²) in [6.45, 7) is 21.9. The first-order valence-electron chi connectivity index (χ1n) is 13.6. The van der Waals surface area contributed by atoms with Gasteiger partial charge in [0.05, 0.1) is 18.4 Å². The van der Waals surface area contributed by atoms with Gasteiger partial charge in [0.25, 0.3) is 0 Å². The molecule has 4 heteroatoms. The molecular formula is C30H45NO3. The van der Waals surface area contributed by atoms with Gasteiger partial charge in [-0.05, 0) is 96.2 Å². The summed E-state index contributed by atoms with van der Waals surface area (Å²) in [5, 5.41) is 33.3. The van der Waals surface area contributed by atoms with E-state index < -0.39 is 6.10 Å². The molecule has 3 N–H and O–H groups in total. The van der Waals surface area contributed by atoms with E-state index in [0.29, 0.717) is 24.0 Å². The maximum Gasteiger partial charge on any atom is 0.203 e. The van der Waals surface area contributed by atoms with E-state index in [0.717, 1.165) is 44.9 Å². The zero-order valence-electron chi connectivity index (χ0n) is 22.1. The zero-order valence-corrected chi connectivity index (χ0v) is 22.1. The summed E-state index contributed by atoms with van der Waals surface area (Å²) in [7, 11) is 0. The summed E-state index contributed by atoms with van der Waals surface area (Å²) in [6, 6.07) is 0. The van der Waals surface area contributed by atoms with Crippen LogP contribution in [0, 0.1) is 57.3 Å². The summed E-state index contributed by atoms with van der Waals surface area (Å²) in [5.41, 5.74) is 1.71. The Hall–Kier alpha value is -1.31. The van der Waals surface area contributed by atoms with Crippen LogP contribution in [-0.4, -0.2) is 28.0 Å². The molecule has 3 saturated carbocycles. The van der Waals surface area contributed by atoms with Gasteiger partial charge in [-0.25, -0.2) is 4.85 Å². The van der Waals surface area contributed by atoms with Crippen molar-refractivity contribution in [3.05, 3.63) is 34.5 Å². The molecule has 0 saturated heterocycles. The maximum atomic E-state index is 11.9. The number of nitrogens with zero attached hydrogens (tertiary/aromatic N) is 1. The Morgan fingerprint density at radius 3 is 2.35 bits per heavy atom. The Kier molecular flexibility index (Phi) is 5.28. The van der Waals surface area contributed by atoms with Crippen LogP contribution in [0.25, 0.3) is 4.85 Å². The van der Waals surface area contributed by atoms with Gasteiger partial charge in [0.15, 0.2) is 0 Å². The molecule has 188 valence electrons. The van der Waals surface area contributed by atoms with E-state index in [1.165, 1.54) is 5.57 Å². The molecule has 0 radical (unpaired) electrons. The first-order chi connectivity index (χ1) is 15.8. The molecule has 34 heavy (non-hydrogen) atoms. The third-order valence-corrected chi connectivity index (χ3v) is 12.4. The molecule has 4 nitrogen and oxygen atoms in total. The van der Waals surface area contributed by atoms with Crippen LogP contribution in [0.5, 0.6) is 0 Å². The van der Waals surface area contributed by atoms with Crippen molar-refractivity contribution < 1.29 is 15.3 Å². The number of fused-ring (bicyclic) bond motifs is 7. The largest absolute Gasteiger partial charge is 0.523 e. The Balaban J connectivity index is 1.65. The first-order valence-corrected chi connectivity index (χ1v) is 13.6. The molecule has 0 aromatic carbocycles. The third kappa shape index (κ3) is 2.89. The minimum absolute atomic E-state index is 0.0245. The lowest BCUT2D eigenvalue weighted by Gasteiger charge is -2.70. The molecule has 0 aromatic rings. The number of aliphatic hydroxyl groups is 3. The second-order valence-corrected chi connectivity index (χ2v) is 14.3. The molecule has 0 heterocycles. The van der Waals surface area contributed by atoms with E-state index in [1.54, 1.807) is 0 Å². The van der Waals surface area contributed by atoms with Crippen molar-refractivity contribution in [2.75, 3.05) is 6.61 Å². The van der Waals surface area contributed by atoms with Crippen LogP contribution in [0.3, 0.4) is 0 Å². The van der Waals surface area contributed by atoms with Crippen molar-refractivity contribution in [1.29, 1.82) is 0 Å². The highest BCUT2D eigenvalue weighted by atomic mass is 16.3. The van der Waals surface area contributed by atoms with Gasteiger partial charge in [-0.15, -0.1) is 0 Å². The number of hydrogen-bond acceptors (Lipinski definition) is 3. The lowest BCUT2D eigenvalue weighted by atomic mass is 9.34. The van der Waals surface area contributed by atoms with E-state index in [-0.39, 0.29) is 51.3 Å². The fourth-order valence-electron chi connectivity index (χ4n) is 10.1. The van der Waals surface area contributed by atoms with E-state index in [4.69, 9.17) is 6.57 Å². The molecule has 0 aromatic heterocycles. The predicted molar refractivity (Wildman–Crippen MR) is 135 cm³/mol. The predicted octanol–water partition coefficient (Wildman–Crippen LogP) is 6.66. The molecule has 0 spiro atoms. The highest BCUT2D eigenvalue weighted by molar-refractivity contribution is 5.40. The summed E-state index contributed by atoms with van der Waals surface area (Å²) in [5.74, 6) is 1.02. The number of hydrogen-bond donors (Lipinski definition) is 3. The average Bonchev–Trinajstić information content (AvgIpc) is 2.77. The van der Waals surface area contributed by atoms with Gasteiger partial charge in [-0.1, -0.05) is 53.2 Å². The summed E-state index contributed by atoms with van der Waals surface area (Å²) in [6.07, 6.45) is 9.70. The maximum absolute atomic E-state index is 11.9.